The summed E-state index contributed by atoms with van der Waals surface area (Å²) >= 11 is 0. The second-order valence-corrected chi connectivity index (χ2v) is 8.79. The Kier molecular flexibility index (Phi) is 7.49. The molecule has 10 heteroatoms. The van der Waals surface area contributed by atoms with Crippen molar-refractivity contribution in [1.82, 2.24) is 14.7 Å². The van der Waals surface area contributed by atoms with Crippen molar-refractivity contribution in [3.05, 3.63) is 59.8 Å². The standard InChI is InChI=1S/C22H27N5O4S/c1-15-13-19(9-10-20(15)31-4)32(28,29)24-12-11-23-22-25-16(2)14-21(27-22)26-17-5-7-18(30-3)8-6-17/h5-10,13-14,24H,11-12H2,1-4H3,(H2,23,25,26,27). The molecule has 0 atom stereocenters. The Morgan fingerprint density at radius 2 is 1.66 bits per heavy atom. The molecule has 0 aliphatic heterocycles. The highest BCUT2D eigenvalue weighted by Crippen LogP contribution is 2.21. The number of benzene rings is 2. The van der Waals surface area contributed by atoms with Crippen LogP contribution >= 0.6 is 0 Å². The second-order valence-electron chi connectivity index (χ2n) is 7.03. The molecule has 1 heterocycles. The molecule has 0 radical (unpaired) electrons. The van der Waals surface area contributed by atoms with Crippen LogP contribution in [0.1, 0.15) is 11.3 Å². The molecule has 2 aromatic carbocycles. The summed E-state index contributed by atoms with van der Waals surface area (Å²) in [6, 6.07) is 14.0. The molecule has 0 fully saturated rings. The minimum absolute atomic E-state index is 0.173. The quantitative estimate of drug-likeness (QED) is 0.398. The molecule has 1 aromatic heterocycles. The van der Waals surface area contributed by atoms with Gasteiger partial charge in [0.05, 0.1) is 19.1 Å². The maximum atomic E-state index is 12.5. The van der Waals surface area contributed by atoms with E-state index in [-0.39, 0.29) is 11.4 Å². The number of hydrogen-bond donors (Lipinski definition) is 3. The third kappa shape index (κ3) is 6.08. The SMILES string of the molecule is COc1ccc(Nc2cc(C)nc(NCCNS(=O)(=O)c3ccc(OC)c(C)c3)n2)cc1. The predicted octanol–water partition coefficient (Wildman–Crippen LogP) is 3.24. The first-order chi connectivity index (χ1) is 15.3. The van der Waals surface area contributed by atoms with Crippen LogP contribution < -0.4 is 24.8 Å². The Morgan fingerprint density at radius 1 is 0.906 bits per heavy atom. The van der Waals surface area contributed by atoms with E-state index in [1.807, 2.05) is 37.3 Å². The lowest BCUT2D eigenvalue weighted by Crippen LogP contribution is -2.29. The Labute approximate surface area is 188 Å². The summed E-state index contributed by atoms with van der Waals surface area (Å²) < 4.78 is 38.0. The molecular weight excluding hydrogens is 430 g/mol. The summed E-state index contributed by atoms with van der Waals surface area (Å²) in [4.78, 5) is 8.98. The summed E-state index contributed by atoms with van der Waals surface area (Å²) in [5.74, 6) is 2.44. The first kappa shape index (κ1) is 23.3. The first-order valence-corrected chi connectivity index (χ1v) is 11.4. The van der Waals surface area contributed by atoms with E-state index in [0.717, 1.165) is 22.7 Å². The predicted molar refractivity (Wildman–Crippen MR) is 124 cm³/mol. The zero-order valence-corrected chi connectivity index (χ0v) is 19.3. The minimum Gasteiger partial charge on any atom is -0.497 e. The van der Waals surface area contributed by atoms with E-state index in [1.54, 1.807) is 33.3 Å². The Morgan fingerprint density at radius 3 is 2.31 bits per heavy atom. The maximum Gasteiger partial charge on any atom is 0.240 e. The third-order valence-corrected chi connectivity index (χ3v) is 6.05. The molecule has 32 heavy (non-hydrogen) atoms. The lowest BCUT2D eigenvalue weighted by molar-refractivity contribution is 0.411. The van der Waals surface area contributed by atoms with Crippen LogP contribution in [0.3, 0.4) is 0 Å². The highest BCUT2D eigenvalue weighted by atomic mass is 32.2. The van der Waals surface area contributed by atoms with Crippen molar-refractivity contribution < 1.29 is 17.9 Å². The van der Waals surface area contributed by atoms with Crippen LogP contribution in [-0.4, -0.2) is 45.7 Å². The fourth-order valence-electron chi connectivity index (χ4n) is 2.99. The Hall–Kier alpha value is -3.37. The van der Waals surface area contributed by atoms with Gasteiger partial charge in [-0.05, 0) is 61.9 Å². The molecule has 3 aromatic rings. The summed E-state index contributed by atoms with van der Waals surface area (Å²) in [7, 11) is -0.469. The Balaban J connectivity index is 1.58. The van der Waals surface area contributed by atoms with E-state index in [1.165, 1.54) is 6.07 Å². The number of anilines is 3. The zero-order chi connectivity index (χ0) is 23.1. The van der Waals surface area contributed by atoms with Gasteiger partial charge in [-0.25, -0.2) is 18.1 Å². The number of rotatable bonds is 10. The van der Waals surface area contributed by atoms with Crippen molar-refractivity contribution >= 4 is 27.5 Å². The molecule has 0 spiro atoms. The van der Waals surface area contributed by atoms with Crippen LogP contribution in [0.25, 0.3) is 0 Å². The van der Waals surface area contributed by atoms with E-state index in [2.05, 4.69) is 25.3 Å². The minimum atomic E-state index is -3.63. The van der Waals surface area contributed by atoms with Crippen molar-refractivity contribution in [3.8, 4) is 11.5 Å². The average Bonchev–Trinajstić information content (AvgIpc) is 2.77. The molecule has 0 amide bonds. The molecule has 0 unspecified atom stereocenters. The molecule has 9 nitrogen and oxygen atoms in total. The van der Waals surface area contributed by atoms with Gasteiger partial charge in [-0.15, -0.1) is 0 Å². The van der Waals surface area contributed by atoms with Crippen LogP contribution in [0, 0.1) is 13.8 Å². The maximum absolute atomic E-state index is 12.5. The van der Waals surface area contributed by atoms with E-state index < -0.39 is 10.0 Å². The van der Waals surface area contributed by atoms with Gasteiger partial charge in [-0.3, -0.25) is 0 Å². The highest BCUT2D eigenvalue weighted by molar-refractivity contribution is 7.89. The van der Waals surface area contributed by atoms with Gasteiger partial charge in [0.2, 0.25) is 16.0 Å². The third-order valence-electron chi connectivity index (χ3n) is 4.59. The average molecular weight is 458 g/mol. The van der Waals surface area contributed by atoms with Gasteiger partial charge in [0.25, 0.3) is 0 Å². The number of aromatic nitrogens is 2. The summed E-state index contributed by atoms with van der Waals surface area (Å²) in [5.41, 5.74) is 2.38. The van der Waals surface area contributed by atoms with Crippen molar-refractivity contribution in [2.75, 3.05) is 37.9 Å². The van der Waals surface area contributed by atoms with Crippen LogP contribution in [-0.2, 0) is 10.0 Å². The van der Waals surface area contributed by atoms with Crippen LogP contribution in [0.4, 0.5) is 17.5 Å². The van der Waals surface area contributed by atoms with Gasteiger partial charge in [-0.2, -0.15) is 4.98 Å². The van der Waals surface area contributed by atoms with Gasteiger partial charge in [-0.1, -0.05) is 0 Å². The molecule has 0 bridgehead atoms. The molecule has 3 N–H and O–H groups in total. The van der Waals surface area contributed by atoms with Crippen LogP contribution in [0.5, 0.6) is 11.5 Å². The second kappa shape index (κ2) is 10.3. The number of methoxy groups -OCH3 is 2. The summed E-state index contributed by atoms with van der Waals surface area (Å²) in [6.07, 6.45) is 0. The number of ether oxygens (including phenoxy) is 2. The van der Waals surface area contributed by atoms with Crippen LogP contribution in [0.2, 0.25) is 0 Å². The molecule has 0 aliphatic carbocycles. The van der Waals surface area contributed by atoms with E-state index in [9.17, 15) is 8.42 Å². The van der Waals surface area contributed by atoms with Crippen molar-refractivity contribution in [3.63, 3.8) is 0 Å². The van der Waals surface area contributed by atoms with E-state index in [0.29, 0.717) is 24.1 Å². The van der Waals surface area contributed by atoms with Crippen molar-refractivity contribution in [1.29, 1.82) is 0 Å². The number of nitrogens with zero attached hydrogens (tertiary/aromatic N) is 2. The monoisotopic (exact) mass is 457 g/mol. The van der Waals surface area contributed by atoms with E-state index in [4.69, 9.17) is 9.47 Å². The molecule has 170 valence electrons. The first-order valence-electron chi connectivity index (χ1n) is 9.95. The largest absolute Gasteiger partial charge is 0.497 e. The molecule has 3 rings (SSSR count). The van der Waals surface area contributed by atoms with Gasteiger partial charge in [0.15, 0.2) is 0 Å². The van der Waals surface area contributed by atoms with Gasteiger partial charge < -0.3 is 20.1 Å². The summed E-state index contributed by atoms with van der Waals surface area (Å²) in [5, 5.41) is 6.27. The number of hydrogen-bond acceptors (Lipinski definition) is 8. The van der Waals surface area contributed by atoms with Gasteiger partial charge >= 0.3 is 0 Å². The molecule has 0 saturated carbocycles. The fourth-order valence-corrected chi connectivity index (χ4v) is 4.11. The Bertz CT molecular complexity index is 1170. The molecular formula is C22H27N5O4S. The number of aryl methyl sites for hydroxylation is 2. The van der Waals surface area contributed by atoms with Crippen molar-refractivity contribution in [2.45, 2.75) is 18.7 Å². The van der Waals surface area contributed by atoms with E-state index >= 15 is 0 Å². The zero-order valence-electron chi connectivity index (χ0n) is 18.5. The lowest BCUT2D eigenvalue weighted by Gasteiger charge is -2.12. The van der Waals surface area contributed by atoms with Gasteiger partial charge in [0, 0.05) is 30.5 Å². The van der Waals surface area contributed by atoms with Crippen LogP contribution in [0.15, 0.2) is 53.4 Å². The normalized spacial score (nSPS) is 11.1. The number of nitrogens with one attached hydrogen (secondary N) is 3. The highest BCUT2D eigenvalue weighted by Gasteiger charge is 2.15. The molecule has 0 saturated heterocycles. The topological polar surface area (TPSA) is 114 Å². The summed E-state index contributed by atoms with van der Waals surface area (Å²) in [6.45, 7) is 4.15. The lowest BCUT2D eigenvalue weighted by atomic mass is 10.2. The fraction of sp³-hybridized carbons (Fsp3) is 0.273. The smallest absolute Gasteiger partial charge is 0.240 e. The number of sulfonamides is 1. The molecule has 0 aliphatic rings. The van der Waals surface area contributed by atoms with Gasteiger partial charge in [0.1, 0.15) is 17.3 Å². The van der Waals surface area contributed by atoms with Crippen molar-refractivity contribution in [2.24, 2.45) is 0 Å².